The summed E-state index contributed by atoms with van der Waals surface area (Å²) in [5.74, 6) is 2.01. The van der Waals surface area contributed by atoms with E-state index < -0.39 is 0 Å². The fraction of sp³-hybridized carbons (Fsp3) is 0.219. The van der Waals surface area contributed by atoms with E-state index in [0.717, 1.165) is 22.4 Å². The summed E-state index contributed by atoms with van der Waals surface area (Å²) in [6.07, 6.45) is 5.81. The number of rotatable bonds is 8. The van der Waals surface area contributed by atoms with Crippen molar-refractivity contribution >= 4 is 16.8 Å². The Kier molecular flexibility index (Phi) is 7.59. The Morgan fingerprint density at radius 3 is 2.56 bits per heavy atom. The molecule has 0 saturated carbocycles. The van der Waals surface area contributed by atoms with Crippen molar-refractivity contribution in [1.29, 1.82) is 0 Å². The van der Waals surface area contributed by atoms with Crippen LogP contribution in [0, 0.1) is 5.92 Å². The van der Waals surface area contributed by atoms with Gasteiger partial charge in [0.2, 0.25) is 5.91 Å². The van der Waals surface area contributed by atoms with E-state index in [0.29, 0.717) is 29.0 Å². The van der Waals surface area contributed by atoms with Gasteiger partial charge in [0.05, 0.1) is 30.6 Å². The fourth-order valence-electron chi connectivity index (χ4n) is 4.80. The van der Waals surface area contributed by atoms with E-state index in [2.05, 4.69) is 5.32 Å². The van der Waals surface area contributed by atoms with Crippen LogP contribution in [0.3, 0.4) is 0 Å². The molecule has 1 aromatic heterocycles. The maximum absolute atomic E-state index is 13.6. The SMILES string of the molecule is COc1ccc(-c2nc3ccccc3c(=O)n2Cc2ccccc2)cc1COC1=CC(C)C(NC(C)=O)C=C1. The van der Waals surface area contributed by atoms with Crippen molar-refractivity contribution in [2.45, 2.75) is 33.0 Å². The molecular weight excluding hydrogens is 490 g/mol. The third kappa shape index (κ3) is 5.77. The highest BCUT2D eigenvalue weighted by atomic mass is 16.5. The molecule has 0 fully saturated rings. The highest BCUT2D eigenvalue weighted by Crippen LogP contribution is 2.29. The molecule has 4 aromatic rings. The number of hydrogen-bond donors (Lipinski definition) is 1. The predicted octanol–water partition coefficient (Wildman–Crippen LogP) is 5.23. The first-order chi connectivity index (χ1) is 18.9. The molecule has 0 radical (unpaired) electrons. The minimum absolute atomic E-state index is 0.0620. The first-order valence-corrected chi connectivity index (χ1v) is 12.9. The molecule has 3 aromatic carbocycles. The van der Waals surface area contributed by atoms with Gasteiger partial charge >= 0.3 is 0 Å². The van der Waals surface area contributed by atoms with E-state index in [1.54, 1.807) is 11.7 Å². The summed E-state index contributed by atoms with van der Waals surface area (Å²) in [5, 5.41) is 3.51. The van der Waals surface area contributed by atoms with Crippen molar-refractivity contribution < 1.29 is 14.3 Å². The van der Waals surface area contributed by atoms with Gasteiger partial charge in [0, 0.05) is 24.0 Å². The number of aromatic nitrogens is 2. The largest absolute Gasteiger partial charge is 0.496 e. The third-order valence-corrected chi connectivity index (χ3v) is 6.81. The summed E-state index contributed by atoms with van der Waals surface area (Å²) in [7, 11) is 1.62. The number of fused-ring (bicyclic) bond motifs is 1. The second-order valence-corrected chi connectivity index (χ2v) is 9.66. The van der Waals surface area contributed by atoms with Gasteiger partial charge in [0.25, 0.3) is 5.56 Å². The van der Waals surface area contributed by atoms with Crippen molar-refractivity contribution in [2.75, 3.05) is 7.11 Å². The summed E-state index contributed by atoms with van der Waals surface area (Å²) in [4.78, 5) is 30.0. The van der Waals surface area contributed by atoms with Gasteiger partial charge in [0.1, 0.15) is 23.9 Å². The predicted molar refractivity (Wildman–Crippen MR) is 152 cm³/mol. The molecule has 1 aliphatic carbocycles. The van der Waals surface area contributed by atoms with Crippen LogP contribution in [0.25, 0.3) is 22.3 Å². The highest BCUT2D eigenvalue weighted by Gasteiger charge is 2.19. The molecule has 39 heavy (non-hydrogen) atoms. The van der Waals surface area contributed by atoms with Crippen LogP contribution in [0.2, 0.25) is 0 Å². The molecule has 2 atom stereocenters. The van der Waals surface area contributed by atoms with E-state index in [9.17, 15) is 9.59 Å². The first kappa shape index (κ1) is 26.0. The minimum Gasteiger partial charge on any atom is -0.496 e. The zero-order valence-corrected chi connectivity index (χ0v) is 22.3. The smallest absolute Gasteiger partial charge is 0.261 e. The monoisotopic (exact) mass is 521 g/mol. The van der Waals surface area contributed by atoms with Crippen molar-refractivity contribution in [3.05, 3.63) is 118 Å². The standard InChI is InChI=1S/C32H31N3O4/c1-21-17-26(14-15-28(21)33-22(2)36)39-20-25-18-24(13-16-30(25)38-3)31-34-29-12-8-7-11-27(29)32(37)35(31)19-23-9-5-4-6-10-23/h4-18,21,28H,19-20H2,1-3H3,(H,33,36). The van der Waals surface area contributed by atoms with Gasteiger partial charge < -0.3 is 14.8 Å². The number of methoxy groups -OCH3 is 1. The summed E-state index contributed by atoms with van der Waals surface area (Å²) in [5.41, 5.74) is 3.19. The molecule has 1 N–H and O–H groups in total. The van der Waals surface area contributed by atoms with Crippen LogP contribution >= 0.6 is 0 Å². The molecule has 7 heteroatoms. The summed E-state index contributed by atoms with van der Waals surface area (Å²) in [6.45, 7) is 4.21. The number of para-hydroxylation sites is 1. The van der Waals surface area contributed by atoms with Crippen LogP contribution in [0.1, 0.15) is 25.0 Å². The lowest BCUT2D eigenvalue weighted by molar-refractivity contribution is -0.119. The minimum atomic E-state index is -0.0896. The van der Waals surface area contributed by atoms with Crippen LogP contribution in [-0.4, -0.2) is 28.6 Å². The molecular formula is C32H31N3O4. The van der Waals surface area contributed by atoms with E-state index in [1.165, 1.54) is 6.92 Å². The third-order valence-electron chi connectivity index (χ3n) is 6.81. The Labute approximate surface area is 227 Å². The van der Waals surface area contributed by atoms with Gasteiger partial charge in [-0.3, -0.25) is 14.2 Å². The molecule has 1 aliphatic rings. The lowest BCUT2D eigenvalue weighted by Gasteiger charge is -2.23. The summed E-state index contributed by atoms with van der Waals surface area (Å²) in [6, 6.07) is 23.0. The normalized spacial score (nSPS) is 16.5. The Balaban J connectivity index is 1.49. The van der Waals surface area contributed by atoms with Crippen LogP contribution in [0.4, 0.5) is 0 Å². The lowest BCUT2D eigenvalue weighted by Crippen LogP contribution is -2.37. The second-order valence-electron chi connectivity index (χ2n) is 9.66. The first-order valence-electron chi connectivity index (χ1n) is 12.9. The molecule has 0 spiro atoms. The van der Waals surface area contributed by atoms with Crippen molar-refractivity contribution in [1.82, 2.24) is 14.9 Å². The molecule has 0 aliphatic heterocycles. The van der Waals surface area contributed by atoms with Crippen molar-refractivity contribution in [2.24, 2.45) is 5.92 Å². The van der Waals surface area contributed by atoms with E-state index >= 15 is 0 Å². The van der Waals surface area contributed by atoms with Crippen molar-refractivity contribution in [3.8, 4) is 17.1 Å². The van der Waals surface area contributed by atoms with Gasteiger partial charge in [-0.1, -0.05) is 55.5 Å². The molecule has 5 rings (SSSR count). The molecule has 7 nitrogen and oxygen atoms in total. The Morgan fingerprint density at radius 2 is 1.82 bits per heavy atom. The fourth-order valence-corrected chi connectivity index (χ4v) is 4.80. The zero-order chi connectivity index (χ0) is 27.4. The van der Waals surface area contributed by atoms with Gasteiger partial charge in [-0.25, -0.2) is 4.98 Å². The Morgan fingerprint density at radius 1 is 1.05 bits per heavy atom. The molecule has 0 saturated heterocycles. The number of carbonyl (C=O) groups is 1. The molecule has 198 valence electrons. The summed E-state index contributed by atoms with van der Waals surface area (Å²) < 4.78 is 13.5. The number of amides is 1. The highest BCUT2D eigenvalue weighted by molar-refractivity contribution is 5.80. The zero-order valence-electron chi connectivity index (χ0n) is 22.3. The van der Waals surface area contributed by atoms with Crippen molar-refractivity contribution in [3.63, 3.8) is 0 Å². The second kappa shape index (κ2) is 11.4. The number of nitrogens with zero attached hydrogens (tertiary/aromatic N) is 2. The maximum atomic E-state index is 13.6. The number of hydrogen-bond acceptors (Lipinski definition) is 5. The Hall–Kier alpha value is -4.65. The van der Waals surface area contributed by atoms with Crippen LogP contribution in [-0.2, 0) is 22.7 Å². The van der Waals surface area contributed by atoms with Crippen LogP contribution < -0.4 is 15.6 Å². The molecule has 1 amide bonds. The van der Waals surface area contributed by atoms with Gasteiger partial charge in [-0.05, 0) is 48.0 Å². The van der Waals surface area contributed by atoms with Crippen LogP contribution in [0.5, 0.6) is 5.75 Å². The van der Waals surface area contributed by atoms with E-state index in [4.69, 9.17) is 14.5 Å². The number of allylic oxidation sites excluding steroid dienone is 1. The molecule has 0 bridgehead atoms. The molecule has 2 unspecified atom stereocenters. The van der Waals surface area contributed by atoms with Gasteiger partial charge in [-0.2, -0.15) is 0 Å². The lowest BCUT2D eigenvalue weighted by atomic mass is 9.96. The topological polar surface area (TPSA) is 82.4 Å². The average molecular weight is 522 g/mol. The molecule has 1 heterocycles. The van der Waals surface area contributed by atoms with E-state index in [1.807, 2.05) is 97.9 Å². The van der Waals surface area contributed by atoms with Gasteiger partial charge in [0.15, 0.2) is 0 Å². The van der Waals surface area contributed by atoms with Gasteiger partial charge in [-0.15, -0.1) is 0 Å². The number of ether oxygens (including phenoxy) is 2. The number of benzene rings is 3. The number of nitrogens with one attached hydrogen (secondary N) is 1. The van der Waals surface area contributed by atoms with Crippen LogP contribution in [0.15, 0.2) is 102 Å². The average Bonchev–Trinajstić information content (AvgIpc) is 2.95. The van der Waals surface area contributed by atoms with E-state index in [-0.39, 0.29) is 30.0 Å². The quantitative estimate of drug-likeness (QED) is 0.343. The summed E-state index contributed by atoms with van der Waals surface area (Å²) >= 11 is 0. The Bertz CT molecular complexity index is 1620. The maximum Gasteiger partial charge on any atom is 0.261 e. The number of carbonyl (C=O) groups excluding carboxylic acids is 1.